The molecule has 0 rings (SSSR count). The Morgan fingerprint density at radius 3 is 1.80 bits per heavy atom. The number of ether oxygens (including phenoxy) is 2. The second-order valence-corrected chi connectivity index (χ2v) is 4.57. The molecule has 0 bridgehead atoms. The summed E-state index contributed by atoms with van der Waals surface area (Å²) in [4.78, 5) is 0. The van der Waals surface area contributed by atoms with E-state index in [0.717, 1.165) is 13.2 Å². The molecule has 92 valence electrons. The second-order valence-electron chi connectivity index (χ2n) is 4.57. The van der Waals surface area contributed by atoms with E-state index in [1.807, 2.05) is 0 Å². The summed E-state index contributed by atoms with van der Waals surface area (Å²) in [5.41, 5.74) is 0.257. The molecule has 0 heterocycles. The van der Waals surface area contributed by atoms with Crippen LogP contribution in [0.15, 0.2) is 0 Å². The van der Waals surface area contributed by atoms with Crippen molar-refractivity contribution >= 4 is 0 Å². The first-order valence-electron chi connectivity index (χ1n) is 6.22. The van der Waals surface area contributed by atoms with Crippen molar-refractivity contribution in [1.29, 1.82) is 0 Å². The molecule has 0 saturated carbocycles. The van der Waals surface area contributed by atoms with Gasteiger partial charge in [0.1, 0.15) is 0 Å². The lowest BCUT2D eigenvalue weighted by atomic mass is 9.80. The molecule has 0 radical (unpaired) electrons. The molecule has 2 nitrogen and oxygen atoms in total. The lowest BCUT2D eigenvalue weighted by Gasteiger charge is -2.32. The number of unbranched alkanes of at least 4 members (excludes halogenated alkanes) is 2. The summed E-state index contributed by atoms with van der Waals surface area (Å²) in [5.74, 6) is 0. The van der Waals surface area contributed by atoms with Gasteiger partial charge in [-0.25, -0.2) is 0 Å². The normalized spacial score (nSPS) is 12.0. The summed E-state index contributed by atoms with van der Waals surface area (Å²) in [6, 6.07) is 0. The molecule has 0 unspecified atom stereocenters. The van der Waals surface area contributed by atoms with Crippen molar-refractivity contribution in [2.24, 2.45) is 5.41 Å². The molecule has 2 heteroatoms. The smallest absolute Gasteiger partial charge is 0.0540 e. The van der Waals surface area contributed by atoms with Gasteiger partial charge in [0, 0.05) is 19.6 Å². The van der Waals surface area contributed by atoms with Crippen LogP contribution in [0.3, 0.4) is 0 Å². The monoisotopic (exact) mass is 216 g/mol. The minimum Gasteiger partial charge on any atom is -0.384 e. The van der Waals surface area contributed by atoms with E-state index in [0.29, 0.717) is 0 Å². The summed E-state index contributed by atoms with van der Waals surface area (Å²) >= 11 is 0. The molecule has 0 aromatic carbocycles. The Bertz CT molecular complexity index is 117. The van der Waals surface area contributed by atoms with Crippen molar-refractivity contribution in [3.63, 3.8) is 0 Å². The Labute approximate surface area is 95.3 Å². The lowest BCUT2D eigenvalue weighted by molar-refractivity contribution is -0.00330. The molecule has 15 heavy (non-hydrogen) atoms. The molecule has 0 atom stereocenters. The topological polar surface area (TPSA) is 18.5 Å². The Morgan fingerprint density at radius 2 is 1.40 bits per heavy atom. The zero-order valence-corrected chi connectivity index (χ0v) is 11.0. The van der Waals surface area contributed by atoms with Gasteiger partial charge < -0.3 is 9.47 Å². The Kier molecular flexibility index (Phi) is 9.12. The predicted octanol–water partition coefficient (Wildman–Crippen LogP) is 3.65. The van der Waals surface area contributed by atoms with Gasteiger partial charge in [-0.05, 0) is 12.8 Å². The number of hydrogen-bond acceptors (Lipinski definition) is 2. The first-order valence-corrected chi connectivity index (χ1v) is 6.22. The van der Waals surface area contributed by atoms with E-state index in [1.54, 1.807) is 14.2 Å². The van der Waals surface area contributed by atoms with E-state index in [4.69, 9.17) is 9.47 Å². The fraction of sp³-hybridized carbons (Fsp3) is 1.00. The van der Waals surface area contributed by atoms with Crippen molar-refractivity contribution in [1.82, 2.24) is 0 Å². The van der Waals surface area contributed by atoms with E-state index in [2.05, 4.69) is 13.8 Å². The number of rotatable bonds is 10. The molecular weight excluding hydrogens is 188 g/mol. The molecule has 0 aliphatic carbocycles. The van der Waals surface area contributed by atoms with Gasteiger partial charge in [0.15, 0.2) is 0 Å². The zero-order valence-electron chi connectivity index (χ0n) is 11.0. The molecule has 0 aromatic heterocycles. The summed E-state index contributed by atoms with van der Waals surface area (Å²) in [7, 11) is 3.58. The van der Waals surface area contributed by atoms with Crippen LogP contribution >= 0.6 is 0 Å². The first kappa shape index (κ1) is 14.9. The van der Waals surface area contributed by atoms with Crippen LogP contribution in [-0.4, -0.2) is 27.4 Å². The highest BCUT2D eigenvalue weighted by Gasteiger charge is 2.28. The molecule has 0 aliphatic heterocycles. The average molecular weight is 216 g/mol. The fourth-order valence-corrected chi connectivity index (χ4v) is 2.35. The fourth-order valence-electron chi connectivity index (χ4n) is 2.35. The minimum atomic E-state index is 0.257. The summed E-state index contributed by atoms with van der Waals surface area (Å²) in [5, 5.41) is 0. The van der Waals surface area contributed by atoms with Crippen LogP contribution in [0.25, 0.3) is 0 Å². The maximum atomic E-state index is 5.36. The highest BCUT2D eigenvalue weighted by atomic mass is 16.5. The molecular formula is C13H28O2. The van der Waals surface area contributed by atoms with Gasteiger partial charge in [-0.15, -0.1) is 0 Å². The van der Waals surface area contributed by atoms with Crippen LogP contribution in [-0.2, 0) is 9.47 Å². The molecule has 0 aromatic rings. The molecule has 0 spiro atoms. The van der Waals surface area contributed by atoms with E-state index in [1.165, 1.54) is 38.5 Å². The number of methoxy groups -OCH3 is 2. The standard InChI is InChI=1S/C13H28O2/c1-5-7-8-10-13(9-6-2,11-14-3)12-15-4/h5-12H2,1-4H3. The summed E-state index contributed by atoms with van der Waals surface area (Å²) < 4.78 is 10.7. The Balaban J connectivity index is 4.18. The first-order chi connectivity index (χ1) is 7.24. The van der Waals surface area contributed by atoms with Crippen LogP contribution in [0.1, 0.15) is 52.4 Å². The van der Waals surface area contributed by atoms with Gasteiger partial charge in [0.25, 0.3) is 0 Å². The second kappa shape index (κ2) is 9.17. The van der Waals surface area contributed by atoms with Gasteiger partial charge in [-0.2, -0.15) is 0 Å². The average Bonchev–Trinajstić information content (AvgIpc) is 2.19. The Hall–Kier alpha value is -0.0800. The minimum absolute atomic E-state index is 0.257. The molecule has 0 aliphatic rings. The molecule has 0 amide bonds. The van der Waals surface area contributed by atoms with Crippen LogP contribution < -0.4 is 0 Å². The van der Waals surface area contributed by atoms with E-state index in [9.17, 15) is 0 Å². The highest BCUT2D eigenvalue weighted by Crippen LogP contribution is 2.31. The van der Waals surface area contributed by atoms with E-state index in [-0.39, 0.29) is 5.41 Å². The van der Waals surface area contributed by atoms with Crippen LogP contribution in [0.4, 0.5) is 0 Å². The van der Waals surface area contributed by atoms with Gasteiger partial charge in [-0.1, -0.05) is 39.5 Å². The van der Waals surface area contributed by atoms with Gasteiger partial charge in [0.2, 0.25) is 0 Å². The number of hydrogen-bond donors (Lipinski definition) is 0. The van der Waals surface area contributed by atoms with Gasteiger partial charge in [0.05, 0.1) is 13.2 Å². The quantitative estimate of drug-likeness (QED) is 0.519. The SMILES string of the molecule is CCCCCC(CCC)(COC)COC. The van der Waals surface area contributed by atoms with Gasteiger partial charge >= 0.3 is 0 Å². The van der Waals surface area contributed by atoms with Crippen LogP contribution in [0.2, 0.25) is 0 Å². The summed E-state index contributed by atoms with van der Waals surface area (Å²) in [6.45, 7) is 6.14. The molecule has 0 fully saturated rings. The lowest BCUT2D eigenvalue weighted by Crippen LogP contribution is -2.31. The van der Waals surface area contributed by atoms with Crippen molar-refractivity contribution in [2.75, 3.05) is 27.4 Å². The summed E-state index contributed by atoms with van der Waals surface area (Å²) in [6.07, 6.45) is 7.54. The van der Waals surface area contributed by atoms with E-state index >= 15 is 0 Å². The van der Waals surface area contributed by atoms with Crippen LogP contribution in [0.5, 0.6) is 0 Å². The maximum Gasteiger partial charge on any atom is 0.0540 e. The van der Waals surface area contributed by atoms with Gasteiger partial charge in [-0.3, -0.25) is 0 Å². The third-order valence-corrected chi connectivity index (χ3v) is 2.99. The Morgan fingerprint density at radius 1 is 0.800 bits per heavy atom. The third kappa shape index (κ3) is 6.16. The van der Waals surface area contributed by atoms with Crippen molar-refractivity contribution < 1.29 is 9.47 Å². The third-order valence-electron chi connectivity index (χ3n) is 2.99. The largest absolute Gasteiger partial charge is 0.384 e. The maximum absolute atomic E-state index is 5.36. The van der Waals surface area contributed by atoms with E-state index < -0.39 is 0 Å². The van der Waals surface area contributed by atoms with Crippen LogP contribution in [0, 0.1) is 5.41 Å². The van der Waals surface area contributed by atoms with Crippen molar-refractivity contribution in [3.05, 3.63) is 0 Å². The van der Waals surface area contributed by atoms with Crippen molar-refractivity contribution in [2.45, 2.75) is 52.4 Å². The molecule has 0 saturated heterocycles. The highest BCUT2D eigenvalue weighted by molar-refractivity contribution is 4.78. The van der Waals surface area contributed by atoms with Crippen molar-refractivity contribution in [3.8, 4) is 0 Å². The molecule has 0 N–H and O–H groups in total. The zero-order chi connectivity index (χ0) is 11.6. The predicted molar refractivity (Wildman–Crippen MR) is 65.2 cm³/mol.